The number of anilines is 3. The number of amides is 2. The summed E-state index contributed by atoms with van der Waals surface area (Å²) < 4.78 is 38.0. The Hall–Kier alpha value is -4.05. The van der Waals surface area contributed by atoms with E-state index in [-0.39, 0.29) is 17.4 Å². The molecule has 0 atom stereocenters. The molecule has 0 bridgehead atoms. The van der Waals surface area contributed by atoms with E-state index in [1.165, 1.54) is 41.3 Å². The Labute approximate surface area is 204 Å². The Morgan fingerprint density at radius 1 is 0.829 bits per heavy atom. The quantitative estimate of drug-likeness (QED) is 0.442. The number of hydrogen-bond acceptors (Lipinski definition) is 6. The highest BCUT2D eigenvalue weighted by Crippen LogP contribution is 2.21. The van der Waals surface area contributed by atoms with Crippen LogP contribution in [-0.4, -0.2) is 40.7 Å². The zero-order chi connectivity index (χ0) is 25.4. The summed E-state index contributed by atoms with van der Waals surface area (Å²) >= 11 is 0. The Kier molecular flexibility index (Phi) is 8.32. The van der Waals surface area contributed by atoms with Crippen molar-refractivity contribution in [3.8, 4) is 5.75 Å². The normalized spacial score (nSPS) is 10.8. The summed E-state index contributed by atoms with van der Waals surface area (Å²) in [6, 6.07) is 18.9. The molecule has 0 radical (unpaired) electrons. The van der Waals surface area contributed by atoms with Crippen LogP contribution in [0.25, 0.3) is 0 Å². The van der Waals surface area contributed by atoms with Crippen LogP contribution < -0.4 is 19.7 Å². The fourth-order valence-electron chi connectivity index (χ4n) is 3.08. The summed E-state index contributed by atoms with van der Waals surface area (Å²) in [6.45, 7) is 4.34. The first kappa shape index (κ1) is 25.6. The van der Waals surface area contributed by atoms with Gasteiger partial charge >= 0.3 is 6.09 Å². The second-order valence-corrected chi connectivity index (χ2v) is 9.03. The third kappa shape index (κ3) is 6.73. The summed E-state index contributed by atoms with van der Waals surface area (Å²) in [5.74, 6) is 0.222. The third-order valence-corrected chi connectivity index (χ3v) is 6.30. The van der Waals surface area contributed by atoms with E-state index < -0.39 is 16.1 Å². The minimum atomic E-state index is -3.79. The van der Waals surface area contributed by atoms with Gasteiger partial charge in [-0.1, -0.05) is 0 Å². The largest absolute Gasteiger partial charge is 0.494 e. The van der Waals surface area contributed by atoms with E-state index in [4.69, 9.17) is 9.47 Å². The van der Waals surface area contributed by atoms with Crippen LogP contribution in [0.4, 0.5) is 21.9 Å². The third-order valence-electron chi connectivity index (χ3n) is 4.90. The molecule has 3 aromatic carbocycles. The van der Waals surface area contributed by atoms with E-state index >= 15 is 0 Å². The van der Waals surface area contributed by atoms with Crippen molar-refractivity contribution in [1.29, 1.82) is 0 Å². The lowest BCUT2D eigenvalue weighted by Crippen LogP contribution is -2.26. The molecule has 2 amide bonds. The van der Waals surface area contributed by atoms with Gasteiger partial charge in [0.05, 0.1) is 18.1 Å². The van der Waals surface area contributed by atoms with E-state index in [0.717, 1.165) is 0 Å². The molecule has 9 nitrogen and oxygen atoms in total. The van der Waals surface area contributed by atoms with Gasteiger partial charge in [-0.3, -0.25) is 14.4 Å². The molecule has 0 spiro atoms. The lowest BCUT2D eigenvalue weighted by atomic mass is 10.2. The molecule has 0 heterocycles. The van der Waals surface area contributed by atoms with Gasteiger partial charge in [-0.2, -0.15) is 0 Å². The Morgan fingerprint density at radius 3 is 2.00 bits per heavy atom. The molecule has 35 heavy (non-hydrogen) atoms. The van der Waals surface area contributed by atoms with Gasteiger partial charge in [0.1, 0.15) is 5.75 Å². The molecule has 0 aromatic heterocycles. The van der Waals surface area contributed by atoms with Crippen LogP contribution in [0.1, 0.15) is 24.2 Å². The Bertz CT molecular complexity index is 1260. The number of benzene rings is 3. The van der Waals surface area contributed by atoms with Crippen LogP contribution in [0.15, 0.2) is 77.7 Å². The maximum atomic E-state index is 12.6. The van der Waals surface area contributed by atoms with Gasteiger partial charge in [-0.05, 0) is 86.6 Å². The lowest BCUT2D eigenvalue weighted by molar-refractivity contribution is 0.102. The first-order valence-corrected chi connectivity index (χ1v) is 12.4. The molecular weight excluding hydrogens is 470 g/mol. The van der Waals surface area contributed by atoms with Crippen molar-refractivity contribution in [3.63, 3.8) is 0 Å². The standard InChI is InChI=1S/C25H27N3O6S/c1-4-33-22-14-16-23(17-15-22)35(31,32)27-20-8-6-18(7-9-20)24(29)26-19-10-12-21(13-11-19)28(3)25(30)34-5-2/h6-17,27H,4-5H2,1-3H3,(H,26,29). The van der Waals surface area contributed by atoms with Gasteiger partial charge in [0, 0.05) is 29.7 Å². The maximum Gasteiger partial charge on any atom is 0.413 e. The molecule has 0 saturated carbocycles. The highest BCUT2D eigenvalue weighted by atomic mass is 32.2. The van der Waals surface area contributed by atoms with Crippen molar-refractivity contribution in [2.45, 2.75) is 18.7 Å². The van der Waals surface area contributed by atoms with Crippen molar-refractivity contribution >= 4 is 39.1 Å². The second-order valence-electron chi connectivity index (χ2n) is 7.35. The number of nitrogens with one attached hydrogen (secondary N) is 2. The van der Waals surface area contributed by atoms with E-state index in [9.17, 15) is 18.0 Å². The highest BCUT2D eigenvalue weighted by Gasteiger charge is 2.15. The van der Waals surface area contributed by atoms with Gasteiger partial charge < -0.3 is 14.8 Å². The fraction of sp³-hybridized carbons (Fsp3) is 0.200. The maximum absolute atomic E-state index is 12.6. The lowest BCUT2D eigenvalue weighted by Gasteiger charge is -2.17. The summed E-state index contributed by atoms with van der Waals surface area (Å²) in [4.78, 5) is 25.9. The van der Waals surface area contributed by atoms with E-state index in [0.29, 0.717) is 35.0 Å². The topological polar surface area (TPSA) is 114 Å². The summed E-state index contributed by atoms with van der Waals surface area (Å²) in [5.41, 5.74) is 1.82. The fourth-order valence-corrected chi connectivity index (χ4v) is 4.14. The average molecular weight is 498 g/mol. The van der Waals surface area contributed by atoms with E-state index in [1.807, 2.05) is 6.92 Å². The molecule has 0 unspecified atom stereocenters. The predicted molar refractivity (Wildman–Crippen MR) is 135 cm³/mol. The van der Waals surface area contributed by atoms with E-state index in [2.05, 4.69) is 10.0 Å². The molecule has 10 heteroatoms. The Balaban J connectivity index is 1.62. The number of nitrogens with zero attached hydrogens (tertiary/aromatic N) is 1. The molecule has 0 aliphatic carbocycles. The monoisotopic (exact) mass is 497 g/mol. The summed E-state index contributed by atoms with van der Waals surface area (Å²) in [6.07, 6.45) is -0.470. The molecule has 0 fully saturated rings. The smallest absolute Gasteiger partial charge is 0.413 e. The molecule has 184 valence electrons. The zero-order valence-electron chi connectivity index (χ0n) is 19.6. The van der Waals surface area contributed by atoms with Gasteiger partial charge in [-0.25, -0.2) is 13.2 Å². The number of carbonyl (C=O) groups excluding carboxylic acids is 2. The predicted octanol–water partition coefficient (Wildman–Crippen LogP) is 4.73. The second kappa shape index (κ2) is 11.4. The molecule has 0 saturated heterocycles. The first-order valence-electron chi connectivity index (χ1n) is 10.9. The summed E-state index contributed by atoms with van der Waals surface area (Å²) in [5, 5.41) is 2.76. The van der Waals surface area contributed by atoms with Crippen molar-refractivity contribution in [2.24, 2.45) is 0 Å². The molecule has 0 aliphatic heterocycles. The number of hydrogen-bond donors (Lipinski definition) is 2. The molecule has 2 N–H and O–H groups in total. The molecule has 3 rings (SSSR count). The van der Waals surface area contributed by atoms with Gasteiger partial charge in [-0.15, -0.1) is 0 Å². The SMILES string of the molecule is CCOC(=O)N(C)c1ccc(NC(=O)c2ccc(NS(=O)(=O)c3ccc(OCC)cc3)cc2)cc1. The van der Waals surface area contributed by atoms with Crippen LogP contribution in [0.2, 0.25) is 0 Å². The van der Waals surface area contributed by atoms with E-state index in [1.54, 1.807) is 50.4 Å². The minimum absolute atomic E-state index is 0.0971. The Morgan fingerprint density at radius 2 is 1.43 bits per heavy atom. The van der Waals surface area contributed by atoms with Gasteiger partial charge in [0.15, 0.2) is 0 Å². The minimum Gasteiger partial charge on any atom is -0.494 e. The van der Waals surface area contributed by atoms with Gasteiger partial charge in [0.25, 0.3) is 15.9 Å². The van der Waals surface area contributed by atoms with Crippen LogP contribution in [-0.2, 0) is 14.8 Å². The van der Waals surface area contributed by atoms with Crippen molar-refractivity contribution in [1.82, 2.24) is 0 Å². The van der Waals surface area contributed by atoms with Crippen molar-refractivity contribution in [3.05, 3.63) is 78.4 Å². The van der Waals surface area contributed by atoms with Crippen LogP contribution in [0, 0.1) is 0 Å². The molecule has 3 aromatic rings. The number of carbonyl (C=O) groups is 2. The highest BCUT2D eigenvalue weighted by molar-refractivity contribution is 7.92. The number of ether oxygens (including phenoxy) is 2. The molecular formula is C25H27N3O6S. The van der Waals surface area contributed by atoms with Crippen molar-refractivity contribution < 1.29 is 27.5 Å². The summed E-state index contributed by atoms with van der Waals surface area (Å²) in [7, 11) is -2.20. The van der Waals surface area contributed by atoms with Crippen LogP contribution >= 0.6 is 0 Å². The average Bonchev–Trinajstić information content (AvgIpc) is 2.85. The zero-order valence-corrected chi connectivity index (χ0v) is 20.5. The number of sulfonamides is 1. The van der Waals surface area contributed by atoms with Crippen molar-refractivity contribution in [2.75, 3.05) is 35.2 Å². The molecule has 0 aliphatic rings. The first-order chi connectivity index (χ1) is 16.7. The van der Waals surface area contributed by atoms with Gasteiger partial charge in [0.2, 0.25) is 0 Å². The van der Waals surface area contributed by atoms with Crippen LogP contribution in [0.5, 0.6) is 5.75 Å². The number of rotatable bonds is 9. The van der Waals surface area contributed by atoms with Crippen LogP contribution in [0.3, 0.4) is 0 Å².